The molecule has 0 heterocycles. The smallest absolute Gasteiger partial charge is 0.391 e. The maximum atomic E-state index is 12.9. The van der Waals surface area contributed by atoms with E-state index in [4.69, 9.17) is 9.05 Å². The van der Waals surface area contributed by atoms with E-state index in [0.717, 1.165) is 64.2 Å². The number of quaternary nitrogens is 1. The fourth-order valence-corrected chi connectivity index (χ4v) is 7.98. The Labute approximate surface area is 360 Å². The van der Waals surface area contributed by atoms with Crippen LogP contribution in [0.5, 0.6) is 0 Å². The third kappa shape index (κ3) is 43.1. The standard InChI is InChI=1S/C49H97N2O6P/c1-6-8-10-12-14-16-18-20-22-23-24-25-26-27-28-29-30-32-34-36-38-40-42-48(52)47(46-57-58(54,55)56-45-44-51(3,4)5)50-49(53)43-41-39-37-35-33-31-21-19-17-15-13-11-9-7-2/h13,15,19,21,47-48,52H,6-12,14,16-18,20,22-46H2,1-5H3,(H-,50,53,54,55)/p+1/b15-13-,21-19-. The summed E-state index contributed by atoms with van der Waals surface area (Å²) in [6, 6.07) is -0.766. The zero-order chi connectivity index (χ0) is 42.8. The quantitative estimate of drug-likeness (QED) is 0.0244. The van der Waals surface area contributed by atoms with Gasteiger partial charge in [-0.1, -0.05) is 212 Å². The van der Waals surface area contributed by atoms with Crippen molar-refractivity contribution < 1.29 is 32.9 Å². The van der Waals surface area contributed by atoms with E-state index in [1.807, 2.05) is 21.1 Å². The number of carbonyl (C=O) groups is 1. The van der Waals surface area contributed by atoms with Crippen molar-refractivity contribution in [2.45, 2.75) is 244 Å². The number of aliphatic hydroxyl groups excluding tert-OH is 1. The number of allylic oxidation sites excluding steroid dienone is 4. The maximum Gasteiger partial charge on any atom is 0.472 e. The Morgan fingerprint density at radius 1 is 0.586 bits per heavy atom. The van der Waals surface area contributed by atoms with Gasteiger partial charge in [-0.05, 0) is 38.5 Å². The number of nitrogens with one attached hydrogen (secondary N) is 1. The van der Waals surface area contributed by atoms with Crippen LogP contribution in [-0.2, 0) is 18.4 Å². The molecule has 58 heavy (non-hydrogen) atoms. The van der Waals surface area contributed by atoms with Crippen LogP contribution in [0.25, 0.3) is 0 Å². The molecule has 1 amide bonds. The van der Waals surface area contributed by atoms with Crippen molar-refractivity contribution in [1.82, 2.24) is 5.32 Å². The van der Waals surface area contributed by atoms with Crippen LogP contribution in [0, 0.1) is 0 Å². The van der Waals surface area contributed by atoms with Crippen molar-refractivity contribution >= 4 is 13.7 Å². The molecule has 0 spiro atoms. The third-order valence-electron chi connectivity index (χ3n) is 11.2. The van der Waals surface area contributed by atoms with Crippen LogP contribution in [0.4, 0.5) is 0 Å². The van der Waals surface area contributed by atoms with Crippen LogP contribution >= 0.6 is 7.82 Å². The van der Waals surface area contributed by atoms with Gasteiger partial charge in [-0.25, -0.2) is 4.57 Å². The molecule has 0 aliphatic rings. The number of carbonyl (C=O) groups excluding carboxylic acids is 1. The predicted octanol–water partition coefficient (Wildman–Crippen LogP) is 14.1. The Morgan fingerprint density at radius 2 is 1.00 bits per heavy atom. The molecular formula is C49H98N2O6P+. The largest absolute Gasteiger partial charge is 0.472 e. The predicted molar refractivity (Wildman–Crippen MR) is 249 cm³/mol. The lowest BCUT2D eigenvalue weighted by molar-refractivity contribution is -0.870. The molecule has 9 heteroatoms. The van der Waals surface area contributed by atoms with Gasteiger partial charge in [0.2, 0.25) is 5.91 Å². The summed E-state index contributed by atoms with van der Waals surface area (Å²) in [6.45, 7) is 4.85. The number of hydrogen-bond donors (Lipinski definition) is 3. The molecule has 3 N–H and O–H groups in total. The fraction of sp³-hybridized carbons (Fsp3) is 0.898. The van der Waals surface area contributed by atoms with E-state index in [2.05, 4.69) is 43.5 Å². The minimum Gasteiger partial charge on any atom is -0.391 e. The van der Waals surface area contributed by atoms with Crippen LogP contribution in [0.3, 0.4) is 0 Å². The van der Waals surface area contributed by atoms with Crippen LogP contribution in [0.15, 0.2) is 24.3 Å². The SMILES string of the molecule is CCCC/C=C\C/C=C\CCCCCCCC(=O)NC(COP(=O)(O)OCC[N+](C)(C)C)C(O)CCCCCCCCCCCCCCCCCCCCCCCC. The summed E-state index contributed by atoms with van der Waals surface area (Å²) in [5.41, 5.74) is 0. The van der Waals surface area contributed by atoms with Crippen LogP contribution < -0.4 is 5.32 Å². The molecule has 8 nitrogen and oxygen atoms in total. The molecule has 0 saturated heterocycles. The molecule has 0 aromatic rings. The molecule has 0 fully saturated rings. The Bertz CT molecular complexity index is 1000. The van der Waals surface area contributed by atoms with Crippen LogP contribution in [-0.4, -0.2) is 73.4 Å². The second-order valence-corrected chi connectivity index (χ2v) is 19.6. The average molecular weight is 842 g/mol. The number of hydrogen-bond acceptors (Lipinski definition) is 5. The number of phosphoric ester groups is 1. The molecule has 3 atom stereocenters. The molecule has 0 aromatic carbocycles. The van der Waals surface area contributed by atoms with Gasteiger partial charge in [0.05, 0.1) is 39.9 Å². The summed E-state index contributed by atoms with van der Waals surface area (Å²) in [7, 11) is 1.61. The Kier molecular flexibility index (Phi) is 40.6. The highest BCUT2D eigenvalue weighted by atomic mass is 31.2. The van der Waals surface area contributed by atoms with E-state index < -0.39 is 20.0 Å². The van der Waals surface area contributed by atoms with Crippen LogP contribution in [0.1, 0.15) is 232 Å². The van der Waals surface area contributed by atoms with Crippen molar-refractivity contribution in [3.8, 4) is 0 Å². The monoisotopic (exact) mass is 842 g/mol. The molecule has 0 aliphatic carbocycles. The zero-order valence-electron chi connectivity index (χ0n) is 39.0. The minimum absolute atomic E-state index is 0.0725. The number of amides is 1. The minimum atomic E-state index is -4.32. The summed E-state index contributed by atoms with van der Waals surface area (Å²) in [5, 5.41) is 14.0. The van der Waals surface area contributed by atoms with Crippen molar-refractivity contribution in [1.29, 1.82) is 0 Å². The normalized spacial score (nSPS) is 14.4. The zero-order valence-corrected chi connectivity index (χ0v) is 39.9. The lowest BCUT2D eigenvalue weighted by atomic mass is 10.0. The second-order valence-electron chi connectivity index (χ2n) is 18.2. The first-order valence-corrected chi connectivity index (χ1v) is 26.2. The maximum absolute atomic E-state index is 12.9. The topological polar surface area (TPSA) is 105 Å². The van der Waals surface area contributed by atoms with Gasteiger partial charge in [0.15, 0.2) is 0 Å². The molecular weight excluding hydrogens is 744 g/mol. The van der Waals surface area contributed by atoms with Crippen molar-refractivity contribution in [3.05, 3.63) is 24.3 Å². The van der Waals surface area contributed by atoms with E-state index in [1.165, 1.54) is 141 Å². The van der Waals surface area contributed by atoms with Gasteiger partial charge in [0.25, 0.3) is 0 Å². The van der Waals surface area contributed by atoms with E-state index in [1.54, 1.807) is 0 Å². The number of nitrogens with zero attached hydrogens (tertiary/aromatic N) is 1. The number of phosphoric acid groups is 1. The number of unbranched alkanes of at least 4 members (excludes halogenated alkanes) is 28. The fourth-order valence-electron chi connectivity index (χ4n) is 7.24. The van der Waals surface area contributed by atoms with Crippen molar-refractivity contribution in [3.63, 3.8) is 0 Å². The summed E-state index contributed by atoms with van der Waals surface area (Å²) >= 11 is 0. The lowest BCUT2D eigenvalue weighted by Gasteiger charge is -2.26. The Balaban J connectivity index is 4.25. The summed E-state index contributed by atoms with van der Waals surface area (Å²) in [4.78, 5) is 23.2. The number of rotatable bonds is 45. The van der Waals surface area contributed by atoms with Crippen LogP contribution in [0.2, 0.25) is 0 Å². The van der Waals surface area contributed by atoms with Gasteiger partial charge in [-0.2, -0.15) is 0 Å². The highest BCUT2D eigenvalue weighted by Crippen LogP contribution is 2.43. The number of likely N-dealkylation sites (N-methyl/N-ethyl adjacent to an activating group) is 1. The van der Waals surface area contributed by atoms with Gasteiger partial charge in [-0.15, -0.1) is 0 Å². The van der Waals surface area contributed by atoms with E-state index in [0.29, 0.717) is 23.9 Å². The van der Waals surface area contributed by atoms with Gasteiger partial charge in [0, 0.05) is 6.42 Å². The highest BCUT2D eigenvalue weighted by Gasteiger charge is 2.28. The average Bonchev–Trinajstić information content (AvgIpc) is 3.17. The van der Waals surface area contributed by atoms with E-state index >= 15 is 0 Å². The van der Waals surface area contributed by atoms with Crippen molar-refractivity contribution in [2.75, 3.05) is 40.9 Å². The first kappa shape index (κ1) is 57.0. The molecule has 3 unspecified atom stereocenters. The summed E-state index contributed by atoms with van der Waals surface area (Å²) in [5.74, 6) is -0.157. The first-order chi connectivity index (χ1) is 28.0. The Morgan fingerprint density at radius 3 is 1.47 bits per heavy atom. The summed E-state index contributed by atoms with van der Waals surface area (Å²) in [6.07, 6.45) is 49.3. The van der Waals surface area contributed by atoms with E-state index in [9.17, 15) is 19.4 Å². The molecule has 344 valence electrons. The van der Waals surface area contributed by atoms with Crippen molar-refractivity contribution in [2.24, 2.45) is 0 Å². The lowest BCUT2D eigenvalue weighted by Crippen LogP contribution is -2.46. The Hall–Kier alpha value is -1.02. The first-order valence-electron chi connectivity index (χ1n) is 24.7. The molecule has 0 radical (unpaired) electrons. The van der Waals surface area contributed by atoms with Gasteiger partial charge in [-0.3, -0.25) is 13.8 Å². The van der Waals surface area contributed by atoms with E-state index in [-0.39, 0.29) is 19.1 Å². The molecule has 0 aromatic heterocycles. The molecule has 0 saturated carbocycles. The molecule has 0 bridgehead atoms. The number of aliphatic hydroxyl groups is 1. The molecule has 0 aliphatic heterocycles. The van der Waals surface area contributed by atoms with Gasteiger partial charge in [0.1, 0.15) is 13.2 Å². The van der Waals surface area contributed by atoms with Gasteiger partial charge >= 0.3 is 7.82 Å². The third-order valence-corrected chi connectivity index (χ3v) is 12.2. The van der Waals surface area contributed by atoms with Gasteiger partial charge < -0.3 is 19.8 Å². The highest BCUT2D eigenvalue weighted by molar-refractivity contribution is 7.47. The second kappa shape index (κ2) is 41.3. The summed E-state index contributed by atoms with van der Waals surface area (Å²) < 4.78 is 23.7. The molecule has 0 rings (SSSR count).